The van der Waals surface area contributed by atoms with Crippen molar-refractivity contribution in [2.45, 2.75) is 26.2 Å². The van der Waals surface area contributed by atoms with E-state index in [4.69, 9.17) is 0 Å². The van der Waals surface area contributed by atoms with Gasteiger partial charge in [0.1, 0.15) is 5.78 Å². The van der Waals surface area contributed by atoms with Crippen LogP contribution in [0.4, 0.5) is 0 Å². The summed E-state index contributed by atoms with van der Waals surface area (Å²) in [4.78, 5) is 11.7. The SMILES string of the molecule is CCc1nn(C)c(CC(=O)CCNC)c1Br. The number of rotatable bonds is 6. The number of aromatic nitrogens is 2. The van der Waals surface area contributed by atoms with Crippen molar-refractivity contribution in [1.82, 2.24) is 15.1 Å². The van der Waals surface area contributed by atoms with Gasteiger partial charge in [-0.15, -0.1) is 0 Å². The summed E-state index contributed by atoms with van der Waals surface area (Å²) in [6, 6.07) is 0. The first-order valence-corrected chi connectivity index (χ1v) is 6.26. The van der Waals surface area contributed by atoms with E-state index >= 15 is 0 Å². The highest BCUT2D eigenvalue weighted by Crippen LogP contribution is 2.22. The molecule has 0 aromatic carbocycles. The summed E-state index contributed by atoms with van der Waals surface area (Å²) in [7, 11) is 3.73. The molecule has 0 aliphatic carbocycles. The highest BCUT2D eigenvalue weighted by Gasteiger charge is 2.15. The summed E-state index contributed by atoms with van der Waals surface area (Å²) < 4.78 is 2.77. The highest BCUT2D eigenvalue weighted by molar-refractivity contribution is 9.10. The lowest BCUT2D eigenvalue weighted by molar-refractivity contribution is -0.118. The van der Waals surface area contributed by atoms with Crippen LogP contribution in [0.15, 0.2) is 4.47 Å². The van der Waals surface area contributed by atoms with Gasteiger partial charge in [-0.3, -0.25) is 9.48 Å². The summed E-state index contributed by atoms with van der Waals surface area (Å²) >= 11 is 3.51. The van der Waals surface area contributed by atoms with Gasteiger partial charge in [-0.1, -0.05) is 6.92 Å². The van der Waals surface area contributed by atoms with E-state index in [1.54, 1.807) is 4.68 Å². The third kappa shape index (κ3) is 3.15. The molecule has 4 nitrogen and oxygen atoms in total. The second-order valence-electron chi connectivity index (χ2n) is 3.75. The van der Waals surface area contributed by atoms with Crippen molar-refractivity contribution in [2.75, 3.05) is 13.6 Å². The quantitative estimate of drug-likeness (QED) is 0.862. The van der Waals surface area contributed by atoms with E-state index in [0.717, 1.165) is 28.8 Å². The van der Waals surface area contributed by atoms with Crippen molar-refractivity contribution in [1.29, 1.82) is 0 Å². The second kappa shape index (κ2) is 6.15. The number of aryl methyl sites for hydroxylation is 2. The summed E-state index contributed by atoms with van der Waals surface area (Å²) in [6.45, 7) is 2.79. The monoisotopic (exact) mass is 287 g/mol. The van der Waals surface area contributed by atoms with Crippen LogP contribution < -0.4 is 5.32 Å². The van der Waals surface area contributed by atoms with E-state index in [9.17, 15) is 4.79 Å². The lowest BCUT2D eigenvalue weighted by atomic mass is 10.1. The zero-order valence-corrected chi connectivity index (χ0v) is 11.6. The molecule has 0 unspecified atom stereocenters. The van der Waals surface area contributed by atoms with E-state index in [-0.39, 0.29) is 5.78 Å². The molecule has 0 aliphatic rings. The van der Waals surface area contributed by atoms with Gasteiger partial charge in [0.05, 0.1) is 15.9 Å². The zero-order valence-electron chi connectivity index (χ0n) is 10.0. The van der Waals surface area contributed by atoms with Crippen LogP contribution in [-0.2, 0) is 24.7 Å². The van der Waals surface area contributed by atoms with Gasteiger partial charge in [0, 0.05) is 26.4 Å². The molecular formula is C11H18BrN3O. The Bertz CT molecular complexity index is 374. The number of hydrogen-bond acceptors (Lipinski definition) is 3. The maximum absolute atomic E-state index is 11.7. The number of hydrogen-bond donors (Lipinski definition) is 1. The molecule has 90 valence electrons. The van der Waals surface area contributed by atoms with Crippen LogP contribution in [0.2, 0.25) is 0 Å². The first-order chi connectivity index (χ1) is 7.60. The number of carbonyl (C=O) groups is 1. The molecule has 1 heterocycles. The molecule has 1 N–H and O–H groups in total. The minimum absolute atomic E-state index is 0.237. The van der Waals surface area contributed by atoms with Crippen molar-refractivity contribution in [3.63, 3.8) is 0 Å². The molecule has 0 spiro atoms. The van der Waals surface area contributed by atoms with E-state index in [0.29, 0.717) is 12.8 Å². The summed E-state index contributed by atoms with van der Waals surface area (Å²) in [5, 5.41) is 7.34. The van der Waals surface area contributed by atoms with Gasteiger partial charge in [0.25, 0.3) is 0 Å². The number of halogens is 1. The Balaban J connectivity index is 2.73. The Morgan fingerprint density at radius 3 is 2.75 bits per heavy atom. The Kier molecular flexibility index (Phi) is 5.15. The molecule has 0 fully saturated rings. The largest absolute Gasteiger partial charge is 0.319 e. The molecule has 0 atom stereocenters. The van der Waals surface area contributed by atoms with E-state index in [1.807, 2.05) is 14.1 Å². The third-order valence-corrected chi connectivity index (χ3v) is 3.44. The van der Waals surface area contributed by atoms with Gasteiger partial charge in [-0.25, -0.2) is 0 Å². The van der Waals surface area contributed by atoms with Crippen LogP contribution in [-0.4, -0.2) is 29.2 Å². The standard InChI is InChI=1S/C11H18BrN3O/c1-4-9-11(12)10(15(3)14-9)7-8(16)5-6-13-2/h13H,4-7H2,1-3H3. The van der Waals surface area contributed by atoms with E-state index < -0.39 is 0 Å². The molecule has 0 bridgehead atoms. The molecule has 1 aromatic rings. The number of nitrogens with one attached hydrogen (secondary N) is 1. The van der Waals surface area contributed by atoms with Crippen LogP contribution in [0.1, 0.15) is 24.7 Å². The fraction of sp³-hybridized carbons (Fsp3) is 0.636. The molecule has 0 amide bonds. The normalized spacial score (nSPS) is 10.8. The first kappa shape index (κ1) is 13.4. The van der Waals surface area contributed by atoms with Crippen LogP contribution in [0, 0.1) is 0 Å². The molecule has 1 rings (SSSR count). The van der Waals surface area contributed by atoms with E-state index in [2.05, 4.69) is 33.3 Å². The predicted molar refractivity (Wildman–Crippen MR) is 67.5 cm³/mol. The Labute approximate surface area is 105 Å². The van der Waals surface area contributed by atoms with Gasteiger partial charge in [0.2, 0.25) is 0 Å². The van der Waals surface area contributed by atoms with Crippen LogP contribution in [0.3, 0.4) is 0 Å². The van der Waals surface area contributed by atoms with Crippen LogP contribution in [0.25, 0.3) is 0 Å². The Morgan fingerprint density at radius 2 is 2.25 bits per heavy atom. The van der Waals surface area contributed by atoms with Crippen molar-refractivity contribution in [3.8, 4) is 0 Å². The van der Waals surface area contributed by atoms with Gasteiger partial charge < -0.3 is 5.32 Å². The lowest BCUT2D eigenvalue weighted by Gasteiger charge is -2.02. The number of ketones is 1. The molecule has 0 saturated heterocycles. The van der Waals surface area contributed by atoms with Crippen molar-refractivity contribution in [2.24, 2.45) is 7.05 Å². The van der Waals surface area contributed by atoms with Crippen molar-refractivity contribution < 1.29 is 4.79 Å². The van der Waals surface area contributed by atoms with Crippen LogP contribution in [0.5, 0.6) is 0 Å². The Hall–Kier alpha value is -0.680. The number of nitrogens with zero attached hydrogens (tertiary/aromatic N) is 2. The molecule has 1 aromatic heterocycles. The first-order valence-electron chi connectivity index (χ1n) is 5.46. The molecule has 5 heteroatoms. The predicted octanol–water partition coefficient (Wildman–Crippen LogP) is 1.47. The fourth-order valence-electron chi connectivity index (χ4n) is 1.55. The zero-order chi connectivity index (χ0) is 12.1. The maximum atomic E-state index is 11.7. The molecular weight excluding hydrogens is 270 g/mol. The molecule has 0 saturated carbocycles. The summed E-state index contributed by atoms with van der Waals surface area (Å²) in [6.07, 6.45) is 1.89. The highest BCUT2D eigenvalue weighted by atomic mass is 79.9. The van der Waals surface area contributed by atoms with Gasteiger partial charge in [-0.2, -0.15) is 5.10 Å². The van der Waals surface area contributed by atoms with Crippen molar-refractivity contribution in [3.05, 3.63) is 15.9 Å². The number of carbonyl (C=O) groups excluding carboxylic acids is 1. The minimum Gasteiger partial charge on any atom is -0.319 e. The minimum atomic E-state index is 0.237. The molecule has 16 heavy (non-hydrogen) atoms. The molecule has 0 radical (unpaired) electrons. The van der Waals surface area contributed by atoms with Crippen molar-refractivity contribution >= 4 is 21.7 Å². The summed E-state index contributed by atoms with van der Waals surface area (Å²) in [5.41, 5.74) is 1.98. The molecule has 0 aliphatic heterocycles. The second-order valence-corrected chi connectivity index (χ2v) is 4.55. The number of Topliss-reactive ketones (excluding diaryl/α,β-unsaturated/α-hetero) is 1. The third-order valence-electron chi connectivity index (χ3n) is 2.52. The average molecular weight is 288 g/mol. The van der Waals surface area contributed by atoms with Gasteiger partial charge in [0.15, 0.2) is 0 Å². The maximum Gasteiger partial charge on any atom is 0.140 e. The van der Waals surface area contributed by atoms with E-state index in [1.165, 1.54) is 0 Å². The average Bonchev–Trinajstić information content (AvgIpc) is 2.53. The van der Waals surface area contributed by atoms with Gasteiger partial charge >= 0.3 is 0 Å². The topological polar surface area (TPSA) is 46.9 Å². The fourth-order valence-corrected chi connectivity index (χ4v) is 2.31. The van der Waals surface area contributed by atoms with Gasteiger partial charge in [-0.05, 0) is 29.4 Å². The van der Waals surface area contributed by atoms with Crippen LogP contribution >= 0.6 is 15.9 Å². The lowest BCUT2D eigenvalue weighted by Crippen LogP contribution is -2.15. The smallest absolute Gasteiger partial charge is 0.140 e. The Morgan fingerprint density at radius 1 is 1.56 bits per heavy atom. The summed E-state index contributed by atoms with van der Waals surface area (Å²) in [5.74, 6) is 0.237.